The van der Waals surface area contributed by atoms with E-state index in [0.29, 0.717) is 11.5 Å². The molecule has 9 heteroatoms. The van der Waals surface area contributed by atoms with Crippen LogP contribution in [0, 0.1) is 0 Å². The highest BCUT2D eigenvalue weighted by molar-refractivity contribution is 6.39. The second kappa shape index (κ2) is 13.1. The number of ether oxygens (including phenoxy) is 2. The number of hydrogen-bond donors (Lipinski definition) is 1. The Labute approximate surface area is 226 Å². The summed E-state index contributed by atoms with van der Waals surface area (Å²) in [5.41, 5.74) is 4.02. The van der Waals surface area contributed by atoms with Crippen molar-refractivity contribution in [1.29, 1.82) is 0 Å². The Kier molecular flexibility index (Phi) is 9.94. The molecule has 1 atom stereocenters. The van der Waals surface area contributed by atoms with Gasteiger partial charge in [0.25, 0.3) is 5.91 Å². The fourth-order valence-electron chi connectivity index (χ4n) is 3.92. The molecular weight excluding hydrogens is 515 g/mol. The summed E-state index contributed by atoms with van der Waals surface area (Å²) in [5.74, 6) is -0.441. The number of nitrogens with zero attached hydrogens (tertiary/aromatic N) is 1. The van der Waals surface area contributed by atoms with Crippen LogP contribution >= 0.6 is 23.2 Å². The number of methoxy groups -OCH3 is 1. The zero-order valence-electron chi connectivity index (χ0n) is 21.0. The van der Waals surface area contributed by atoms with Crippen LogP contribution in [0.25, 0.3) is 11.1 Å². The van der Waals surface area contributed by atoms with E-state index in [4.69, 9.17) is 37.5 Å². The van der Waals surface area contributed by atoms with Crippen LogP contribution in [0.1, 0.15) is 35.3 Å². The molecule has 194 valence electrons. The lowest BCUT2D eigenvalue weighted by molar-refractivity contribution is -0.145. The van der Waals surface area contributed by atoms with Crippen molar-refractivity contribution in [3.63, 3.8) is 0 Å². The maximum absolute atomic E-state index is 13.0. The number of esters is 1. The van der Waals surface area contributed by atoms with Gasteiger partial charge in [0, 0.05) is 17.5 Å². The molecule has 0 aromatic heterocycles. The number of hydrogen-bond acceptors (Lipinski definition) is 6. The third-order valence-electron chi connectivity index (χ3n) is 5.61. The highest BCUT2D eigenvalue weighted by Gasteiger charge is 2.26. The summed E-state index contributed by atoms with van der Waals surface area (Å²) in [7, 11) is 3.09. The second-order valence-electron chi connectivity index (χ2n) is 8.02. The van der Waals surface area contributed by atoms with Gasteiger partial charge in [-0.2, -0.15) is 0 Å². The standard InChI is InChI=1S/C28H28Cl2N2O5/c1-5-37-28(34)24(31-27(33)26-22(29)10-8-11-23(26)30)16-18-13-14-19(21(15-18)17(2)32-36-4)20-9-6-7-12-25(20)35-3/h6-15,24H,5,16H2,1-4H3,(H,31,33)/t24-/m0/s1. The minimum Gasteiger partial charge on any atom is -0.496 e. The van der Waals surface area contributed by atoms with Gasteiger partial charge in [-0.3, -0.25) is 4.79 Å². The molecule has 0 saturated heterocycles. The molecule has 1 N–H and O–H groups in total. The lowest BCUT2D eigenvalue weighted by atomic mass is 9.92. The lowest BCUT2D eigenvalue weighted by Gasteiger charge is -2.20. The first kappa shape index (κ1) is 28.0. The van der Waals surface area contributed by atoms with Crippen molar-refractivity contribution in [2.75, 3.05) is 20.8 Å². The van der Waals surface area contributed by atoms with Crippen LogP contribution in [0.2, 0.25) is 10.0 Å². The predicted octanol–water partition coefficient (Wildman–Crippen LogP) is 5.94. The first-order valence-electron chi connectivity index (χ1n) is 11.6. The van der Waals surface area contributed by atoms with Crippen LogP contribution in [0.4, 0.5) is 0 Å². The molecule has 3 aromatic rings. The first-order chi connectivity index (χ1) is 17.8. The van der Waals surface area contributed by atoms with Crippen molar-refractivity contribution < 1.29 is 23.9 Å². The molecule has 0 aliphatic carbocycles. The largest absolute Gasteiger partial charge is 0.496 e. The van der Waals surface area contributed by atoms with Gasteiger partial charge >= 0.3 is 5.97 Å². The summed E-state index contributed by atoms with van der Waals surface area (Å²) in [4.78, 5) is 30.9. The summed E-state index contributed by atoms with van der Waals surface area (Å²) in [6, 6.07) is 17.1. The minimum atomic E-state index is -0.982. The number of oxime groups is 1. The van der Waals surface area contributed by atoms with Crippen molar-refractivity contribution in [3.8, 4) is 16.9 Å². The van der Waals surface area contributed by atoms with Gasteiger partial charge in [-0.25, -0.2) is 4.79 Å². The third-order valence-corrected chi connectivity index (χ3v) is 6.24. The van der Waals surface area contributed by atoms with Crippen LogP contribution in [-0.4, -0.2) is 44.5 Å². The van der Waals surface area contributed by atoms with Crippen molar-refractivity contribution in [3.05, 3.63) is 87.4 Å². The zero-order valence-corrected chi connectivity index (χ0v) is 22.5. The summed E-state index contributed by atoms with van der Waals surface area (Å²) >= 11 is 12.4. The Balaban J connectivity index is 2.01. The van der Waals surface area contributed by atoms with Gasteiger partial charge in [0.2, 0.25) is 0 Å². The smallest absolute Gasteiger partial charge is 0.328 e. The molecule has 0 heterocycles. The number of rotatable bonds is 10. The number of para-hydroxylation sites is 1. The minimum absolute atomic E-state index is 0.0930. The average molecular weight is 543 g/mol. The van der Waals surface area contributed by atoms with E-state index in [1.807, 2.05) is 49.4 Å². The lowest BCUT2D eigenvalue weighted by Crippen LogP contribution is -2.43. The van der Waals surface area contributed by atoms with E-state index in [9.17, 15) is 9.59 Å². The monoisotopic (exact) mass is 542 g/mol. The van der Waals surface area contributed by atoms with Gasteiger partial charge < -0.3 is 19.6 Å². The molecule has 0 unspecified atom stereocenters. The molecule has 37 heavy (non-hydrogen) atoms. The molecule has 0 aliphatic rings. The molecule has 3 aromatic carbocycles. The normalized spacial score (nSPS) is 12.0. The molecule has 0 aliphatic heterocycles. The van der Waals surface area contributed by atoms with Crippen LogP contribution in [0.15, 0.2) is 65.8 Å². The predicted molar refractivity (Wildman–Crippen MR) is 146 cm³/mol. The highest BCUT2D eigenvalue weighted by atomic mass is 35.5. The third kappa shape index (κ3) is 6.81. The molecule has 0 bridgehead atoms. The Bertz CT molecular complexity index is 1290. The number of carbonyl (C=O) groups is 2. The molecule has 7 nitrogen and oxygen atoms in total. The quantitative estimate of drug-likeness (QED) is 0.194. The maximum Gasteiger partial charge on any atom is 0.328 e. The summed E-state index contributed by atoms with van der Waals surface area (Å²) in [6.45, 7) is 3.69. The Morgan fingerprint density at radius 3 is 2.32 bits per heavy atom. The first-order valence-corrected chi connectivity index (χ1v) is 12.3. The van der Waals surface area contributed by atoms with Crippen LogP contribution < -0.4 is 10.1 Å². The molecule has 0 fully saturated rings. The van der Waals surface area contributed by atoms with Crippen LogP contribution in [0.3, 0.4) is 0 Å². The summed E-state index contributed by atoms with van der Waals surface area (Å²) in [5, 5.41) is 7.21. The molecular formula is C28H28Cl2N2O5. The number of carbonyl (C=O) groups excluding carboxylic acids is 2. The Hall–Kier alpha value is -3.55. The average Bonchev–Trinajstić information content (AvgIpc) is 2.88. The van der Waals surface area contributed by atoms with Gasteiger partial charge in [-0.15, -0.1) is 0 Å². The number of amides is 1. The maximum atomic E-state index is 13.0. The molecule has 0 radical (unpaired) electrons. The summed E-state index contributed by atoms with van der Waals surface area (Å²) in [6.07, 6.45) is 0.159. The fraction of sp³-hybridized carbons (Fsp3) is 0.250. The summed E-state index contributed by atoms with van der Waals surface area (Å²) < 4.78 is 10.8. The van der Waals surface area contributed by atoms with Crippen LogP contribution in [0.5, 0.6) is 5.75 Å². The van der Waals surface area contributed by atoms with Crippen molar-refractivity contribution in [1.82, 2.24) is 5.32 Å². The number of halogens is 2. The van der Waals surface area contributed by atoms with Gasteiger partial charge in [0.15, 0.2) is 0 Å². The van der Waals surface area contributed by atoms with Gasteiger partial charge in [-0.05, 0) is 49.2 Å². The fourth-order valence-corrected chi connectivity index (χ4v) is 4.49. The van der Waals surface area contributed by atoms with Crippen molar-refractivity contribution >= 4 is 40.8 Å². The van der Waals surface area contributed by atoms with Crippen molar-refractivity contribution in [2.24, 2.45) is 5.16 Å². The molecule has 0 saturated carbocycles. The van der Waals surface area contributed by atoms with E-state index in [1.165, 1.54) is 7.11 Å². The number of nitrogens with one attached hydrogen (secondary N) is 1. The highest BCUT2D eigenvalue weighted by Crippen LogP contribution is 2.33. The van der Waals surface area contributed by atoms with E-state index in [2.05, 4.69) is 10.5 Å². The van der Waals surface area contributed by atoms with E-state index in [1.54, 1.807) is 32.2 Å². The molecule has 1 amide bonds. The number of benzene rings is 3. The Morgan fingerprint density at radius 1 is 0.973 bits per heavy atom. The SMILES string of the molecule is CCOC(=O)[C@H](Cc1ccc(-c2ccccc2OC)c(C(C)=NOC)c1)NC(=O)c1c(Cl)cccc1Cl. The topological polar surface area (TPSA) is 86.2 Å². The van der Waals surface area contributed by atoms with Crippen LogP contribution in [-0.2, 0) is 20.8 Å². The Morgan fingerprint density at radius 2 is 1.68 bits per heavy atom. The van der Waals surface area contributed by atoms with E-state index in [0.717, 1.165) is 22.3 Å². The van der Waals surface area contributed by atoms with E-state index in [-0.39, 0.29) is 28.6 Å². The van der Waals surface area contributed by atoms with Gasteiger partial charge in [-0.1, -0.05) is 64.8 Å². The van der Waals surface area contributed by atoms with E-state index >= 15 is 0 Å². The second-order valence-corrected chi connectivity index (χ2v) is 8.83. The van der Waals surface area contributed by atoms with E-state index < -0.39 is 17.9 Å². The molecule has 0 spiro atoms. The van der Waals surface area contributed by atoms with Gasteiger partial charge in [0.05, 0.1) is 35.0 Å². The van der Waals surface area contributed by atoms with Gasteiger partial charge in [0.1, 0.15) is 18.9 Å². The van der Waals surface area contributed by atoms with Crippen molar-refractivity contribution in [2.45, 2.75) is 26.3 Å². The molecule has 3 rings (SSSR count). The zero-order chi connectivity index (χ0) is 26.9.